The number of rotatable bonds is 4. The molecule has 1 saturated heterocycles. The molecule has 1 aromatic rings. The highest BCUT2D eigenvalue weighted by atomic mass is 32.2. The van der Waals surface area contributed by atoms with Crippen LogP contribution in [0.15, 0.2) is 18.2 Å². The van der Waals surface area contributed by atoms with Crippen LogP contribution in [-0.2, 0) is 10.2 Å². The van der Waals surface area contributed by atoms with E-state index in [0.717, 1.165) is 4.31 Å². The van der Waals surface area contributed by atoms with E-state index >= 15 is 0 Å². The Morgan fingerprint density at radius 2 is 1.92 bits per heavy atom. The molecule has 0 N–H and O–H groups in total. The van der Waals surface area contributed by atoms with E-state index in [2.05, 4.69) is 0 Å². The van der Waals surface area contributed by atoms with Crippen LogP contribution in [-0.4, -0.2) is 75.2 Å². The number of hydrogen-bond acceptors (Lipinski definition) is 4. The van der Waals surface area contributed by atoms with Gasteiger partial charge in [0, 0.05) is 45.8 Å². The van der Waals surface area contributed by atoms with Crippen LogP contribution in [0.2, 0.25) is 0 Å². The van der Waals surface area contributed by atoms with Crippen molar-refractivity contribution >= 4 is 16.1 Å². The lowest BCUT2D eigenvalue weighted by Gasteiger charge is -2.24. The lowest BCUT2D eigenvalue weighted by molar-refractivity contribution is 0.0763. The first-order valence-corrected chi connectivity index (χ1v) is 8.97. The smallest absolute Gasteiger partial charge is 0.281 e. The quantitative estimate of drug-likeness (QED) is 0.797. The van der Waals surface area contributed by atoms with Crippen molar-refractivity contribution in [2.45, 2.75) is 6.42 Å². The van der Waals surface area contributed by atoms with Crippen molar-refractivity contribution in [2.75, 3.05) is 47.4 Å². The monoisotopic (exact) mass is 359 g/mol. The zero-order chi connectivity index (χ0) is 17.9. The standard InChI is InChI=1S/C15H22FN3O4S/c1-17(2)24(21,22)19-8-4-7-18(9-10-19)15(20)12-5-6-13(16)14(11-12)23-3/h5-6,11H,4,7-10H2,1-3H3. The molecular weight excluding hydrogens is 337 g/mol. The van der Waals surface area contributed by atoms with Gasteiger partial charge in [0.15, 0.2) is 11.6 Å². The number of nitrogens with zero attached hydrogens (tertiary/aromatic N) is 3. The molecule has 2 rings (SSSR count). The molecule has 1 amide bonds. The Morgan fingerprint density at radius 1 is 1.21 bits per heavy atom. The molecule has 0 aliphatic carbocycles. The Bertz CT molecular complexity index is 709. The summed E-state index contributed by atoms with van der Waals surface area (Å²) in [4.78, 5) is 14.2. The van der Waals surface area contributed by atoms with Gasteiger partial charge < -0.3 is 9.64 Å². The Balaban J connectivity index is 2.12. The van der Waals surface area contributed by atoms with Crippen molar-refractivity contribution in [1.82, 2.24) is 13.5 Å². The van der Waals surface area contributed by atoms with Gasteiger partial charge in [0.05, 0.1) is 7.11 Å². The van der Waals surface area contributed by atoms with Crippen LogP contribution in [0.5, 0.6) is 5.75 Å². The molecule has 0 saturated carbocycles. The number of methoxy groups -OCH3 is 1. The maximum absolute atomic E-state index is 13.5. The molecule has 1 aliphatic heterocycles. The number of benzene rings is 1. The van der Waals surface area contributed by atoms with Crippen molar-refractivity contribution in [1.29, 1.82) is 0 Å². The van der Waals surface area contributed by atoms with Crippen LogP contribution in [0.1, 0.15) is 16.8 Å². The summed E-state index contributed by atoms with van der Waals surface area (Å²) in [5.74, 6) is -0.793. The van der Waals surface area contributed by atoms with Gasteiger partial charge in [-0.05, 0) is 24.6 Å². The third kappa shape index (κ3) is 3.85. The van der Waals surface area contributed by atoms with E-state index in [9.17, 15) is 17.6 Å². The fourth-order valence-corrected chi connectivity index (χ4v) is 3.67. The molecule has 0 bridgehead atoms. The second-order valence-electron chi connectivity index (χ2n) is 5.68. The molecule has 24 heavy (non-hydrogen) atoms. The highest BCUT2D eigenvalue weighted by molar-refractivity contribution is 7.86. The largest absolute Gasteiger partial charge is 0.494 e. The zero-order valence-electron chi connectivity index (χ0n) is 14.0. The molecule has 0 unspecified atom stereocenters. The normalized spacial score (nSPS) is 17.0. The van der Waals surface area contributed by atoms with Crippen LogP contribution >= 0.6 is 0 Å². The van der Waals surface area contributed by atoms with E-state index in [1.807, 2.05) is 0 Å². The molecule has 0 aromatic heterocycles. The molecule has 134 valence electrons. The first-order chi connectivity index (χ1) is 11.3. The maximum Gasteiger partial charge on any atom is 0.281 e. The minimum atomic E-state index is -3.49. The van der Waals surface area contributed by atoms with Gasteiger partial charge in [-0.3, -0.25) is 4.79 Å². The maximum atomic E-state index is 13.5. The molecule has 0 radical (unpaired) electrons. The second kappa shape index (κ2) is 7.45. The number of ether oxygens (including phenoxy) is 1. The summed E-state index contributed by atoms with van der Waals surface area (Å²) < 4.78 is 45.3. The fourth-order valence-electron chi connectivity index (χ4n) is 2.53. The number of amides is 1. The summed E-state index contributed by atoms with van der Waals surface area (Å²) in [5.41, 5.74) is 0.317. The van der Waals surface area contributed by atoms with Crippen LogP contribution in [0.25, 0.3) is 0 Å². The first-order valence-electron chi connectivity index (χ1n) is 7.57. The minimum Gasteiger partial charge on any atom is -0.494 e. The minimum absolute atomic E-state index is 0.00693. The van der Waals surface area contributed by atoms with Gasteiger partial charge >= 0.3 is 0 Å². The summed E-state index contributed by atoms with van der Waals surface area (Å²) in [6.07, 6.45) is 0.539. The number of carbonyl (C=O) groups is 1. The summed E-state index contributed by atoms with van der Waals surface area (Å²) >= 11 is 0. The number of hydrogen-bond donors (Lipinski definition) is 0. The van der Waals surface area contributed by atoms with Crippen LogP contribution in [0, 0.1) is 5.82 Å². The first kappa shape index (κ1) is 18.6. The summed E-state index contributed by atoms with van der Waals surface area (Å²) in [6, 6.07) is 3.95. The average molecular weight is 359 g/mol. The molecular formula is C15H22FN3O4S. The molecule has 0 spiro atoms. The van der Waals surface area contributed by atoms with E-state index in [-0.39, 0.29) is 24.7 Å². The summed E-state index contributed by atoms with van der Waals surface area (Å²) in [5, 5.41) is 0. The van der Waals surface area contributed by atoms with Gasteiger partial charge in [-0.1, -0.05) is 0 Å². The molecule has 9 heteroatoms. The van der Waals surface area contributed by atoms with Crippen molar-refractivity contribution in [2.24, 2.45) is 0 Å². The fraction of sp³-hybridized carbons (Fsp3) is 0.533. The summed E-state index contributed by atoms with van der Waals surface area (Å²) in [7, 11) is 0.802. The van der Waals surface area contributed by atoms with Crippen molar-refractivity contribution in [3.05, 3.63) is 29.6 Å². The predicted molar refractivity (Wildman–Crippen MR) is 87.7 cm³/mol. The highest BCUT2D eigenvalue weighted by Crippen LogP contribution is 2.20. The third-order valence-electron chi connectivity index (χ3n) is 3.93. The summed E-state index contributed by atoms with van der Waals surface area (Å²) in [6.45, 7) is 1.31. The topological polar surface area (TPSA) is 70.2 Å². The van der Waals surface area contributed by atoms with Crippen LogP contribution in [0.3, 0.4) is 0 Å². The Morgan fingerprint density at radius 3 is 2.54 bits per heavy atom. The molecule has 1 heterocycles. The van der Waals surface area contributed by atoms with Crippen molar-refractivity contribution in [3.63, 3.8) is 0 Å². The van der Waals surface area contributed by atoms with E-state index in [1.54, 1.807) is 4.90 Å². The number of halogens is 1. The lowest BCUT2D eigenvalue weighted by atomic mass is 10.1. The predicted octanol–water partition coefficient (Wildman–Crippen LogP) is 0.789. The number of carbonyl (C=O) groups excluding carboxylic acids is 1. The molecule has 7 nitrogen and oxygen atoms in total. The third-order valence-corrected chi connectivity index (χ3v) is 5.87. The van der Waals surface area contributed by atoms with Crippen LogP contribution in [0.4, 0.5) is 4.39 Å². The lowest BCUT2D eigenvalue weighted by Crippen LogP contribution is -2.42. The molecule has 1 fully saturated rings. The molecule has 0 atom stereocenters. The van der Waals surface area contributed by atoms with E-state index in [1.165, 1.54) is 43.7 Å². The average Bonchev–Trinajstić information content (AvgIpc) is 2.81. The van der Waals surface area contributed by atoms with Gasteiger partial charge in [-0.15, -0.1) is 0 Å². The van der Waals surface area contributed by atoms with Crippen LogP contribution < -0.4 is 4.74 Å². The van der Waals surface area contributed by atoms with E-state index in [0.29, 0.717) is 25.1 Å². The molecule has 1 aliphatic rings. The SMILES string of the molecule is COc1cc(C(=O)N2CCCN(S(=O)(=O)N(C)C)CC2)ccc1F. The highest BCUT2D eigenvalue weighted by Gasteiger charge is 2.28. The van der Waals surface area contributed by atoms with Gasteiger partial charge in [0.2, 0.25) is 0 Å². The Kier molecular flexibility index (Phi) is 5.79. The Hall–Kier alpha value is -1.71. The van der Waals surface area contributed by atoms with Crippen molar-refractivity contribution < 1.29 is 22.3 Å². The van der Waals surface area contributed by atoms with Gasteiger partial charge in [0.25, 0.3) is 16.1 Å². The van der Waals surface area contributed by atoms with Crippen molar-refractivity contribution in [3.8, 4) is 5.75 Å². The van der Waals surface area contributed by atoms with Gasteiger partial charge in [-0.2, -0.15) is 17.0 Å². The van der Waals surface area contributed by atoms with Gasteiger partial charge in [-0.25, -0.2) is 4.39 Å². The van der Waals surface area contributed by atoms with Gasteiger partial charge in [0.1, 0.15) is 0 Å². The Labute approximate surface area is 141 Å². The second-order valence-corrected chi connectivity index (χ2v) is 7.83. The van der Waals surface area contributed by atoms with E-state index < -0.39 is 16.0 Å². The van der Waals surface area contributed by atoms with E-state index in [4.69, 9.17) is 4.74 Å². The zero-order valence-corrected chi connectivity index (χ0v) is 14.8. The molecule has 1 aromatic carbocycles.